The minimum absolute atomic E-state index is 0.0799. The summed E-state index contributed by atoms with van der Waals surface area (Å²) >= 11 is 3.46. The number of halogens is 1. The van der Waals surface area contributed by atoms with Gasteiger partial charge in [0.1, 0.15) is 5.69 Å². The Kier molecular flexibility index (Phi) is 3.41. The van der Waals surface area contributed by atoms with Crippen LogP contribution < -0.4 is 0 Å². The third kappa shape index (κ3) is 2.28. The summed E-state index contributed by atoms with van der Waals surface area (Å²) in [7, 11) is 0. The van der Waals surface area contributed by atoms with Crippen molar-refractivity contribution in [3.8, 4) is 0 Å². The second-order valence-corrected chi connectivity index (χ2v) is 6.31. The third-order valence-corrected chi connectivity index (χ3v) is 4.11. The van der Waals surface area contributed by atoms with Crippen molar-refractivity contribution in [3.63, 3.8) is 0 Å². The lowest BCUT2D eigenvalue weighted by atomic mass is 10.1. The van der Waals surface area contributed by atoms with Crippen LogP contribution in [0.25, 0.3) is 0 Å². The molecule has 1 amide bonds. The fourth-order valence-corrected chi connectivity index (χ4v) is 3.04. The summed E-state index contributed by atoms with van der Waals surface area (Å²) in [5.74, 6) is 0.0799. The van der Waals surface area contributed by atoms with Crippen molar-refractivity contribution >= 4 is 21.8 Å². The van der Waals surface area contributed by atoms with Gasteiger partial charge in [-0.3, -0.25) is 9.89 Å². The Morgan fingerprint density at radius 1 is 1.50 bits per heavy atom. The van der Waals surface area contributed by atoms with Gasteiger partial charge >= 0.3 is 0 Å². The monoisotopic (exact) mass is 336 g/mol. The molecule has 20 heavy (non-hydrogen) atoms. The normalized spacial score (nSPS) is 14.7. The van der Waals surface area contributed by atoms with E-state index in [-0.39, 0.29) is 11.9 Å². The van der Waals surface area contributed by atoms with Crippen molar-refractivity contribution in [2.45, 2.75) is 32.9 Å². The van der Waals surface area contributed by atoms with Gasteiger partial charge in [-0.1, -0.05) is 0 Å². The molecular weight excluding hydrogens is 320 g/mol. The van der Waals surface area contributed by atoms with Crippen LogP contribution >= 0.6 is 15.9 Å². The van der Waals surface area contributed by atoms with E-state index in [0.29, 0.717) is 6.54 Å². The number of carbonyl (C=O) groups excluding carboxylic acids is 1. The molecule has 1 aliphatic rings. The molecule has 0 saturated carbocycles. The first-order chi connectivity index (χ1) is 9.56. The molecule has 0 bridgehead atoms. The summed E-state index contributed by atoms with van der Waals surface area (Å²) in [4.78, 5) is 14.6. The van der Waals surface area contributed by atoms with Crippen molar-refractivity contribution < 1.29 is 4.79 Å². The number of rotatable bonds is 2. The maximum atomic E-state index is 12.7. The largest absolute Gasteiger partial charge is 0.340 e. The number of hydrogen-bond donors (Lipinski definition) is 1. The first kappa shape index (κ1) is 13.4. The third-order valence-electron chi connectivity index (χ3n) is 3.68. The summed E-state index contributed by atoms with van der Waals surface area (Å²) < 4.78 is 2.95. The lowest BCUT2D eigenvalue weighted by Gasteiger charge is -2.27. The van der Waals surface area contributed by atoms with Gasteiger partial charge < -0.3 is 9.47 Å². The van der Waals surface area contributed by atoms with E-state index in [2.05, 4.69) is 40.0 Å². The van der Waals surface area contributed by atoms with Crippen molar-refractivity contribution in [1.29, 1.82) is 0 Å². The fraction of sp³-hybridized carbons (Fsp3) is 0.429. The standard InChI is InChI=1S/C14H17BrN4O/c1-9(2)19-8-11(15)5-13(19)14(20)18-4-3-12-10(7-18)6-16-17-12/h5-6,8-9H,3-4,7H2,1-2H3,(H,16,17). The van der Waals surface area contributed by atoms with Gasteiger partial charge in [0.05, 0.1) is 6.20 Å². The lowest BCUT2D eigenvalue weighted by Crippen LogP contribution is -2.36. The van der Waals surface area contributed by atoms with Crippen LogP contribution in [-0.4, -0.2) is 32.1 Å². The SMILES string of the molecule is CC(C)n1cc(Br)cc1C(=O)N1CCc2[nH]ncc2C1. The molecule has 3 rings (SSSR count). The second-order valence-electron chi connectivity index (χ2n) is 5.40. The number of carbonyl (C=O) groups is 1. The van der Waals surface area contributed by atoms with Crippen LogP contribution in [0, 0.1) is 0 Å². The Balaban J connectivity index is 1.87. The van der Waals surface area contributed by atoms with Crippen LogP contribution in [0.3, 0.4) is 0 Å². The molecule has 0 fully saturated rings. The van der Waals surface area contributed by atoms with Crippen molar-refractivity contribution in [3.05, 3.63) is 39.9 Å². The number of amides is 1. The lowest BCUT2D eigenvalue weighted by molar-refractivity contribution is 0.0721. The topological polar surface area (TPSA) is 53.9 Å². The van der Waals surface area contributed by atoms with Crippen molar-refractivity contribution in [2.75, 3.05) is 6.54 Å². The van der Waals surface area contributed by atoms with Crippen LogP contribution in [0.4, 0.5) is 0 Å². The Morgan fingerprint density at radius 3 is 3.05 bits per heavy atom. The van der Waals surface area contributed by atoms with E-state index in [1.807, 2.05) is 27.9 Å². The average molecular weight is 337 g/mol. The molecular formula is C14H17BrN4O. The van der Waals surface area contributed by atoms with E-state index in [9.17, 15) is 4.79 Å². The van der Waals surface area contributed by atoms with Crippen LogP contribution in [0.15, 0.2) is 22.9 Å². The summed E-state index contributed by atoms with van der Waals surface area (Å²) in [5, 5.41) is 7.03. The summed E-state index contributed by atoms with van der Waals surface area (Å²) in [5.41, 5.74) is 3.00. The van der Waals surface area contributed by atoms with Crippen LogP contribution in [0.1, 0.15) is 41.6 Å². The molecule has 0 saturated heterocycles. The predicted molar refractivity (Wildman–Crippen MR) is 79.5 cm³/mol. The van der Waals surface area contributed by atoms with E-state index in [4.69, 9.17) is 0 Å². The Hall–Kier alpha value is -1.56. The number of H-pyrrole nitrogens is 1. The van der Waals surface area contributed by atoms with Gasteiger partial charge in [-0.2, -0.15) is 5.10 Å². The highest BCUT2D eigenvalue weighted by atomic mass is 79.9. The fourth-order valence-electron chi connectivity index (χ4n) is 2.60. The van der Waals surface area contributed by atoms with Crippen LogP contribution in [0.2, 0.25) is 0 Å². The first-order valence-electron chi connectivity index (χ1n) is 6.74. The highest BCUT2D eigenvalue weighted by Gasteiger charge is 2.25. The molecule has 0 aromatic carbocycles. The molecule has 1 aliphatic heterocycles. The van der Waals surface area contributed by atoms with Gasteiger partial charge in [0, 0.05) is 47.5 Å². The first-order valence-corrected chi connectivity index (χ1v) is 7.53. The minimum Gasteiger partial charge on any atom is -0.340 e. The zero-order valence-corrected chi connectivity index (χ0v) is 13.1. The number of nitrogens with zero attached hydrogens (tertiary/aromatic N) is 3. The summed E-state index contributed by atoms with van der Waals surface area (Å²) in [6.07, 6.45) is 4.61. The summed E-state index contributed by atoms with van der Waals surface area (Å²) in [6, 6.07) is 2.15. The molecule has 0 atom stereocenters. The Labute approximate surface area is 126 Å². The highest BCUT2D eigenvalue weighted by Crippen LogP contribution is 2.23. The van der Waals surface area contributed by atoms with Gasteiger partial charge in [0.15, 0.2) is 0 Å². The van der Waals surface area contributed by atoms with Gasteiger partial charge in [0.25, 0.3) is 5.91 Å². The van der Waals surface area contributed by atoms with Gasteiger partial charge in [-0.25, -0.2) is 0 Å². The summed E-state index contributed by atoms with van der Waals surface area (Å²) in [6.45, 7) is 5.52. The molecule has 2 aromatic heterocycles. The van der Waals surface area contributed by atoms with E-state index in [1.54, 1.807) is 0 Å². The second kappa shape index (κ2) is 5.09. The van der Waals surface area contributed by atoms with Gasteiger partial charge in [-0.15, -0.1) is 0 Å². The van der Waals surface area contributed by atoms with E-state index >= 15 is 0 Å². The minimum atomic E-state index is 0.0799. The van der Waals surface area contributed by atoms with E-state index in [1.165, 1.54) is 0 Å². The smallest absolute Gasteiger partial charge is 0.270 e. The highest BCUT2D eigenvalue weighted by molar-refractivity contribution is 9.10. The van der Waals surface area contributed by atoms with E-state index in [0.717, 1.165) is 34.4 Å². The number of nitrogens with one attached hydrogen (secondary N) is 1. The molecule has 6 heteroatoms. The molecule has 0 aliphatic carbocycles. The zero-order valence-electron chi connectivity index (χ0n) is 11.6. The molecule has 0 unspecified atom stereocenters. The van der Waals surface area contributed by atoms with Crippen LogP contribution in [-0.2, 0) is 13.0 Å². The maximum absolute atomic E-state index is 12.7. The molecule has 5 nitrogen and oxygen atoms in total. The van der Waals surface area contributed by atoms with Gasteiger partial charge in [0.2, 0.25) is 0 Å². The van der Waals surface area contributed by atoms with E-state index < -0.39 is 0 Å². The number of fused-ring (bicyclic) bond motifs is 1. The number of aromatic nitrogens is 3. The van der Waals surface area contributed by atoms with Crippen molar-refractivity contribution in [1.82, 2.24) is 19.7 Å². The zero-order chi connectivity index (χ0) is 14.3. The Bertz CT molecular complexity index is 643. The maximum Gasteiger partial charge on any atom is 0.270 e. The van der Waals surface area contributed by atoms with Crippen LogP contribution in [0.5, 0.6) is 0 Å². The average Bonchev–Trinajstić information content (AvgIpc) is 3.02. The quantitative estimate of drug-likeness (QED) is 0.916. The van der Waals surface area contributed by atoms with Gasteiger partial charge in [-0.05, 0) is 35.8 Å². The molecule has 106 valence electrons. The molecule has 2 aromatic rings. The van der Waals surface area contributed by atoms with Crippen molar-refractivity contribution in [2.24, 2.45) is 0 Å². The molecule has 3 heterocycles. The molecule has 0 radical (unpaired) electrons. The number of hydrogen-bond acceptors (Lipinski definition) is 2. The number of aromatic amines is 1. The molecule has 0 spiro atoms. The molecule has 1 N–H and O–H groups in total. The predicted octanol–water partition coefficient (Wildman–Crippen LogP) is 2.75. The Morgan fingerprint density at radius 2 is 2.30 bits per heavy atom.